The molecular formula is C30H36FNO4S. The van der Waals surface area contributed by atoms with Gasteiger partial charge in [-0.2, -0.15) is 0 Å². The van der Waals surface area contributed by atoms with Crippen LogP contribution in [0.3, 0.4) is 0 Å². The topological polar surface area (TPSA) is 59.0 Å². The van der Waals surface area contributed by atoms with Gasteiger partial charge in [-0.05, 0) is 80.0 Å². The molecule has 0 unspecified atom stereocenters. The van der Waals surface area contributed by atoms with Crippen molar-refractivity contribution in [1.29, 1.82) is 0 Å². The zero-order valence-electron chi connectivity index (χ0n) is 21.6. The van der Waals surface area contributed by atoms with Crippen LogP contribution in [-0.4, -0.2) is 35.1 Å². The molecule has 0 heterocycles. The number of aliphatic carboxylic acids is 1. The number of nitrogens with zero attached hydrogens (tertiary/aromatic N) is 1. The Bertz CT molecular complexity index is 1060. The van der Waals surface area contributed by atoms with Gasteiger partial charge in [-0.3, -0.25) is 4.79 Å². The molecule has 0 saturated carbocycles. The molecule has 0 aliphatic rings. The van der Waals surface area contributed by atoms with Crippen LogP contribution in [0.15, 0.2) is 90.3 Å². The van der Waals surface area contributed by atoms with Crippen molar-refractivity contribution >= 4 is 24.0 Å². The van der Waals surface area contributed by atoms with Crippen LogP contribution in [0.25, 0.3) is 6.08 Å². The van der Waals surface area contributed by atoms with Crippen LogP contribution in [0.2, 0.25) is 0 Å². The zero-order chi connectivity index (χ0) is 26.9. The molecule has 0 aromatic heterocycles. The maximum Gasteiger partial charge on any atom is 0.303 e. The smallest absolute Gasteiger partial charge is 0.303 e. The number of rotatable bonds is 17. The quantitative estimate of drug-likeness (QED) is 0.0978. The standard InChI is InChI=1S/C30H36FNO4S/c1-4-8-25(3)29(31)23-36-28-16-14-27(15-17-28)35-21-6-5-19-32(20-7-9-30(33)34)37-22-18-26-12-10-24(2)11-13-26/h4,8,10-18,22-23H,1,5-7,9,19-21H2,2-3H3,(H,33,34)/b22-18+,25-8-,29-23+. The molecule has 198 valence electrons. The normalized spacial score (nSPS) is 12.2. The summed E-state index contributed by atoms with van der Waals surface area (Å²) in [5.74, 6) is 0.00156. The summed E-state index contributed by atoms with van der Waals surface area (Å²) in [4.78, 5) is 10.9. The van der Waals surface area contributed by atoms with Crippen LogP contribution in [0.4, 0.5) is 4.39 Å². The van der Waals surface area contributed by atoms with Crippen molar-refractivity contribution in [3.05, 3.63) is 101 Å². The monoisotopic (exact) mass is 525 g/mol. The molecule has 0 bridgehead atoms. The minimum absolute atomic E-state index is 0.162. The number of carboxylic acids is 1. The number of carboxylic acid groups (broad SMARTS) is 1. The summed E-state index contributed by atoms with van der Waals surface area (Å²) in [6, 6.07) is 15.4. The van der Waals surface area contributed by atoms with Crippen LogP contribution >= 0.6 is 11.9 Å². The van der Waals surface area contributed by atoms with E-state index in [1.807, 2.05) is 5.41 Å². The van der Waals surface area contributed by atoms with Crippen molar-refractivity contribution in [2.75, 3.05) is 19.7 Å². The minimum Gasteiger partial charge on any atom is -0.494 e. The van der Waals surface area contributed by atoms with Gasteiger partial charge in [0.05, 0.1) is 6.61 Å². The second-order valence-electron chi connectivity index (χ2n) is 8.44. The summed E-state index contributed by atoms with van der Waals surface area (Å²) in [6.45, 7) is 9.35. The molecule has 0 atom stereocenters. The van der Waals surface area contributed by atoms with Gasteiger partial charge in [-0.15, -0.1) is 0 Å². The summed E-state index contributed by atoms with van der Waals surface area (Å²) in [5.41, 5.74) is 2.80. The Morgan fingerprint density at radius 1 is 1.05 bits per heavy atom. The van der Waals surface area contributed by atoms with Crippen molar-refractivity contribution in [1.82, 2.24) is 4.31 Å². The molecule has 0 spiro atoms. The predicted octanol–water partition coefficient (Wildman–Crippen LogP) is 7.96. The molecule has 0 aliphatic carbocycles. The van der Waals surface area contributed by atoms with Crippen LogP contribution in [0.5, 0.6) is 11.5 Å². The summed E-state index contributed by atoms with van der Waals surface area (Å²) in [7, 11) is 0. The molecule has 0 fully saturated rings. The number of allylic oxidation sites excluding steroid dienone is 4. The van der Waals surface area contributed by atoms with E-state index in [9.17, 15) is 9.18 Å². The number of benzene rings is 2. The van der Waals surface area contributed by atoms with Crippen molar-refractivity contribution in [2.24, 2.45) is 0 Å². The van der Waals surface area contributed by atoms with Gasteiger partial charge in [0.2, 0.25) is 0 Å². The molecule has 0 radical (unpaired) electrons. The average molecular weight is 526 g/mol. The minimum atomic E-state index is -0.772. The maximum atomic E-state index is 13.9. The summed E-state index contributed by atoms with van der Waals surface area (Å²) < 4.78 is 27.2. The van der Waals surface area contributed by atoms with Gasteiger partial charge in [0.25, 0.3) is 0 Å². The largest absolute Gasteiger partial charge is 0.494 e. The van der Waals surface area contributed by atoms with Crippen molar-refractivity contribution in [3.8, 4) is 11.5 Å². The lowest BCUT2D eigenvalue weighted by molar-refractivity contribution is -0.137. The first kappa shape index (κ1) is 29.9. The first-order valence-corrected chi connectivity index (χ1v) is 13.1. The third kappa shape index (κ3) is 13.0. The van der Waals surface area contributed by atoms with Gasteiger partial charge in [0, 0.05) is 19.5 Å². The van der Waals surface area contributed by atoms with Gasteiger partial charge in [-0.25, -0.2) is 8.70 Å². The SMILES string of the molecule is C=C/C=C(C)\C(F)=C/Oc1ccc(OCCCCN(CCCC(=O)O)S/C=C/c2ccc(C)cc2)cc1. The average Bonchev–Trinajstić information content (AvgIpc) is 2.88. The molecule has 2 aromatic rings. The number of hydrogen-bond acceptors (Lipinski definition) is 5. The Morgan fingerprint density at radius 2 is 1.73 bits per heavy atom. The highest BCUT2D eigenvalue weighted by molar-refractivity contribution is 8.00. The maximum absolute atomic E-state index is 13.9. The lowest BCUT2D eigenvalue weighted by Gasteiger charge is -2.19. The summed E-state index contributed by atoms with van der Waals surface area (Å²) in [5, 5.41) is 11.0. The first-order chi connectivity index (χ1) is 17.9. The Labute approximate surface area is 224 Å². The molecule has 7 heteroatoms. The fourth-order valence-corrected chi connectivity index (χ4v) is 4.02. The van der Waals surface area contributed by atoms with Gasteiger partial charge in [-0.1, -0.05) is 60.5 Å². The van der Waals surface area contributed by atoms with Crippen LogP contribution in [0, 0.1) is 6.92 Å². The second kappa shape index (κ2) is 17.2. The van der Waals surface area contributed by atoms with Crippen LogP contribution in [-0.2, 0) is 4.79 Å². The van der Waals surface area contributed by atoms with E-state index in [4.69, 9.17) is 14.6 Å². The number of unbranched alkanes of at least 4 members (excludes halogenated alkanes) is 1. The zero-order valence-corrected chi connectivity index (χ0v) is 22.4. The third-order valence-corrected chi connectivity index (χ3v) is 6.20. The van der Waals surface area contributed by atoms with E-state index in [1.54, 1.807) is 49.2 Å². The van der Waals surface area contributed by atoms with Crippen LogP contribution in [0.1, 0.15) is 43.7 Å². The first-order valence-electron chi connectivity index (χ1n) is 12.3. The van der Waals surface area contributed by atoms with E-state index >= 15 is 0 Å². The Hall–Kier alpha value is -3.29. The van der Waals surface area contributed by atoms with Gasteiger partial charge >= 0.3 is 5.97 Å². The Kier molecular flexibility index (Phi) is 13.9. The number of carbonyl (C=O) groups is 1. The van der Waals surface area contributed by atoms with Crippen LogP contribution < -0.4 is 9.47 Å². The predicted molar refractivity (Wildman–Crippen MR) is 151 cm³/mol. The van der Waals surface area contributed by atoms with E-state index in [1.165, 1.54) is 11.6 Å². The van der Waals surface area contributed by atoms with E-state index in [2.05, 4.69) is 48.1 Å². The second-order valence-corrected chi connectivity index (χ2v) is 9.44. The third-order valence-electron chi connectivity index (χ3n) is 5.28. The lowest BCUT2D eigenvalue weighted by Crippen LogP contribution is -2.19. The highest BCUT2D eigenvalue weighted by Gasteiger charge is 2.06. The Morgan fingerprint density at radius 3 is 2.41 bits per heavy atom. The van der Waals surface area contributed by atoms with E-state index in [-0.39, 0.29) is 6.42 Å². The number of halogens is 1. The lowest BCUT2D eigenvalue weighted by atomic mass is 10.2. The fourth-order valence-electron chi connectivity index (χ4n) is 3.16. The molecular weight excluding hydrogens is 489 g/mol. The van der Waals surface area contributed by atoms with Gasteiger partial charge in [0.15, 0.2) is 5.83 Å². The molecule has 1 N–H and O–H groups in total. The fraction of sp³-hybridized carbons (Fsp3) is 0.300. The van der Waals surface area contributed by atoms with E-state index < -0.39 is 11.8 Å². The van der Waals surface area contributed by atoms with Gasteiger partial charge in [0.1, 0.15) is 17.8 Å². The summed E-state index contributed by atoms with van der Waals surface area (Å²) >= 11 is 1.60. The molecule has 0 aliphatic heterocycles. The molecule has 5 nitrogen and oxygen atoms in total. The highest BCUT2D eigenvalue weighted by atomic mass is 32.2. The van der Waals surface area contributed by atoms with Crippen molar-refractivity contribution < 1.29 is 23.8 Å². The Balaban J connectivity index is 1.75. The molecule has 0 amide bonds. The molecule has 2 aromatic carbocycles. The highest BCUT2D eigenvalue weighted by Crippen LogP contribution is 2.20. The van der Waals surface area contributed by atoms with E-state index in [0.29, 0.717) is 36.6 Å². The molecule has 2 rings (SSSR count). The van der Waals surface area contributed by atoms with Crippen molar-refractivity contribution in [2.45, 2.75) is 39.5 Å². The number of aryl methyl sites for hydroxylation is 1. The number of hydrogen-bond donors (Lipinski definition) is 1. The van der Waals surface area contributed by atoms with Crippen molar-refractivity contribution in [3.63, 3.8) is 0 Å². The molecule has 0 saturated heterocycles. The van der Waals surface area contributed by atoms with E-state index in [0.717, 1.165) is 31.2 Å². The summed E-state index contributed by atoms with van der Waals surface area (Å²) in [6.07, 6.45) is 8.77. The number of ether oxygens (including phenoxy) is 2. The van der Waals surface area contributed by atoms with Gasteiger partial charge < -0.3 is 14.6 Å². The molecule has 37 heavy (non-hydrogen) atoms.